The number of benzene rings is 2. The molecule has 2 aromatic rings. The molecule has 1 amide bonds. The monoisotopic (exact) mass is 350 g/mol. The van der Waals surface area contributed by atoms with Crippen LogP contribution in [0, 0.1) is 12.7 Å². The zero-order valence-electron chi connectivity index (χ0n) is 11.8. The van der Waals surface area contributed by atoms with Crippen LogP contribution in [-0.2, 0) is 4.79 Å². The molecule has 2 N–H and O–H groups in total. The molecule has 21 heavy (non-hydrogen) atoms. The van der Waals surface area contributed by atoms with Crippen molar-refractivity contribution in [2.45, 2.75) is 19.9 Å². The maximum Gasteiger partial charge on any atom is 0.246 e. The maximum absolute atomic E-state index is 13.4. The van der Waals surface area contributed by atoms with E-state index >= 15 is 0 Å². The van der Waals surface area contributed by atoms with Crippen molar-refractivity contribution in [3.8, 4) is 0 Å². The number of anilines is 2. The van der Waals surface area contributed by atoms with Crippen LogP contribution < -0.4 is 10.6 Å². The number of rotatable bonds is 4. The van der Waals surface area contributed by atoms with Crippen LogP contribution in [0.4, 0.5) is 15.8 Å². The van der Waals surface area contributed by atoms with E-state index in [0.717, 1.165) is 16.9 Å². The lowest BCUT2D eigenvalue weighted by atomic mass is 10.1. The van der Waals surface area contributed by atoms with E-state index in [2.05, 4.69) is 26.6 Å². The molecule has 0 fully saturated rings. The van der Waals surface area contributed by atoms with Gasteiger partial charge in [0.25, 0.3) is 0 Å². The molecular weight excluding hydrogens is 335 g/mol. The average molecular weight is 351 g/mol. The minimum Gasteiger partial charge on any atom is -0.374 e. The summed E-state index contributed by atoms with van der Waals surface area (Å²) in [5.74, 6) is -0.472. The van der Waals surface area contributed by atoms with Gasteiger partial charge in [0.1, 0.15) is 11.9 Å². The lowest BCUT2D eigenvalue weighted by molar-refractivity contribution is -0.116. The van der Waals surface area contributed by atoms with Gasteiger partial charge >= 0.3 is 0 Å². The molecular formula is C16H16BrFN2O. The van der Waals surface area contributed by atoms with Crippen molar-refractivity contribution in [3.05, 3.63) is 58.3 Å². The first kappa shape index (κ1) is 15.5. The molecule has 0 aliphatic heterocycles. The third kappa shape index (κ3) is 4.04. The van der Waals surface area contributed by atoms with Gasteiger partial charge in [-0.25, -0.2) is 4.39 Å². The van der Waals surface area contributed by atoms with Gasteiger partial charge in [-0.1, -0.05) is 18.2 Å². The second kappa shape index (κ2) is 6.72. The zero-order valence-corrected chi connectivity index (χ0v) is 13.4. The smallest absolute Gasteiger partial charge is 0.246 e. The lowest BCUT2D eigenvalue weighted by Crippen LogP contribution is -2.32. The number of para-hydroxylation sites is 1. The van der Waals surface area contributed by atoms with Gasteiger partial charge in [0.05, 0.1) is 4.47 Å². The minimum absolute atomic E-state index is 0.152. The molecule has 2 rings (SSSR count). The van der Waals surface area contributed by atoms with Gasteiger partial charge < -0.3 is 10.6 Å². The van der Waals surface area contributed by atoms with Crippen LogP contribution in [0.25, 0.3) is 0 Å². The van der Waals surface area contributed by atoms with E-state index in [1.807, 2.05) is 30.3 Å². The Morgan fingerprint density at radius 1 is 1.24 bits per heavy atom. The SMILES string of the molecule is Cc1cc(F)c(Br)cc1NC(C)C(=O)Nc1ccccc1. The van der Waals surface area contributed by atoms with Gasteiger partial charge in [-0.15, -0.1) is 0 Å². The molecule has 0 heterocycles. The molecule has 0 aliphatic rings. The predicted octanol–water partition coefficient (Wildman–Crippen LogP) is 4.34. The zero-order chi connectivity index (χ0) is 15.4. The Morgan fingerprint density at radius 2 is 1.90 bits per heavy atom. The second-order valence-electron chi connectivity index (χ2n) is 4.80. The highest BCUT2D eigenvalue weighted by Gasteiger charge is 2.14. The summed E-state index contributed by atoms with van der Waals surface area (Å²) in [7, 11) is 0. The quantitative estimate of drug-likeness (QED) is 0.861. The maximum atomic E-state index is 13.4. The Balaban J connectivity index is 2.06. The number of hydrogen-bond acceptors (Lipinski definition) is 2. The largest absolute Gasteiger partial charge is 0.374 e. The number of halogens is 2. The Labute approximate surface area is 131 Å². The lowest BCUT2D eigenvalue weighted by Gasteiger charge is -2.17. The summed E-state index contributed by atoms with van der Waals surface area (Å²) in [5, 5.41) is 5.91. The number of hydrogen-bond donors (Lipinski definition) is 2. The first-order chi connectivity index (χ1) is 9.97. The van der Waals surface area contributed by atoms with Gasteiger partial charge in [-0.05, 0) is 59.6 Å². The summed E-state index contributed by atoms with van der Waals surface area (Å²) in [6.07, 6.45) is 0. The Morgan fingerprint density at radius 3 is 2.57 bits per heavy atom. The van der Waals surface area contributed by atoms with Crippen LogP contribution in [0.5, 0.6) is 0 Å². The third-order valence-electron chi connectivity index (χ3n) is 3.07. The highest BCUT2D eigenvalue weighted by atomic mass is 79.9. The fourth-order valence-corrected chi connectivity index (χ4v) is 2.22. The standard InChI is InChI=1S/C16H16BrFN2O/c1-10-8-14(18)13(17)9-15(10)19-11(2)16(21)20-12-6-4-3-5-7-12/h3-9,11,19H,1-2H3,(H,20,21). The van der Waals surface area contributed by atoms with Crippen molar-refractivity contribution in [2.75, 3.05) is 10.6 Å². The Hall–Kier alpha value is -1.88. The summed E-state index contributed by atoms with van der Waals surface area (Å²) in [6.45, 7) is 3.55. The molecule has 0 saturated heterocycles. The molecule has 2 aromatic carbocycles. The molecule has 0 saturated carbocycles. The number of amides is 1. The van der Waals surface area contributed by atoms with E-state index in [9.17, 15) is 9.18 Å². The van der Waals surface area contributed by atoms with Crippen LogP contribution in [0.3, 0.4) is 0 Å². The van der Waals surface area contributed by atoms with E-state index in [-0.39, 0.29) is 11.7 Å². The summed E-state index contributed by atoms with van der Waals surface area (Å²) >= 11 is 3.15. The molecule has 1 unspecified atom stereocenters. The third-order valence-corrected chi connectivity index (χ3v) is 3.68. The topological polar surface area (TPSA) is 41.1 Å². The molecule has 0 bridgehead atoms. The van der Waals surface area contributed by atoms with Crippen molar-refractivity contribution in [1.82, 2.24) is 0 Å². The van der Waals surface area contributed by atoms with Gasteiger partial charge in [-0.2, -0.15) is 0 Å². The van der Waals surface area contributed by atoms with Crippen molar-refractivity contribution >= 4 is 33.2 Å². The number of aryl methyl sites for hydroxylation is 1. The minimum atomic E-state index is -0.443. The van der Waals surface area contributed by atoms with Gasteiger partial charge in [0, 0.05) is 11.4 Å². The van der Waals surface area contributed by atoms with E-state index in [1.165, 1.54) is 6.07 Å². The fraction of sp³-hybridized carbons (Fsp3) is 0.188. The van der Waals surface area contributed by atoms with Crippen LogP contribution in [0.1, 0.15) is 12.5 Å². The van der Waals surface area contributed by atoms with Crippen molar-refractivity contribution in [1.29, 1.82) is 0 Å². The molecule has 1 atom stereocenters. The van der Waals surface area contributed by atoms with E-state index in [1.54, 1.807) is 19.9 Å². The summed E-state index contributed by atoms with van der Waals surface area (Å²) in [4.78, 5) is 12.1. The van der Waals surface area contributed by atoms with Crippen molar-refractivity contribution in [3.63, 3.8) is 0 Å². The van der Waals surface area contributed by atoms with E-state index in [4.69, 9.17) is 0 Å². The first-order valence-electron chi connectivity index (χ1n) is 6.55. The van der Waals surface area contributed by atoms with Crippen LogP contribution >= 0.6 is 15.9 Å². The summed E-state index contributed by atoms with van der Waals surface area (Å²) in [6, 6.07) is 11.9. The van der Waals surface area contributed by atoms with Gasteiger partial charge in [0.15, 0.2) is 0 Å². The summed E-state index contributed by atoms with van der Waals surface area (Å²) < 4.78 is 13.8. The molecule has 0 radical (unpaired) electrons. The van der Waals surface area contributed by atoms with Crippen molar-refractivity contribution in [2.24, 2.45) is 0 Å². The number of carbonyl (C=O) groups is 1. The Bertz CT molecular complexity index is 646. The van der Waals surface area contributed by atoms with Crippen LogP contribution in [0.2, 0.25) is 0 Å². The van der Waals surface area contributed by atoms with Crippen LogP contribution in [0.15, 0.2) is 46.9 Å². The normalized spacial score (nSPS) is 11.8. The average Bonchev–Trinajstić information content (AvgIpc) is 2.45. The molecule has 0 aromatic heterocycles. The van der Waals surface area contributed by atoms with Gasteiger partial charge in [0.2, 0.25) is 5.91 Å². The summed E-state index contributed by atoms with van der Waals surface area (Å²) in [5.41, 5.74) is 2.21. The highest BCUT2D eigenvalue weighted by molar-refractivity contribution is 9.10. The molecule has 5 heteroatoms. The molecule has 0 aliphatic carbocycles. The van der Waals surface area contributed by atoms with Crippen LogP contribution in [-0.4, -0.2) is 11.9 Å². The predicted molar refractivity (Wildman–Crippen MR) is 87.0 cm³/mol. The Kier molecular flexibility index (Phi) is 4.96. The van der Waals surface area contributed by atoms with Gasteiger partial charge in [-0.3, -0.25) is 4.79 Å². The number of nitrogens with one attached hydrogen (secondary N) is 2. The molecule has 110 valence electrons. The fourth-order valence-electron chi connectivity index (χ4n) is 1.87. The second-order valence-corrected chi connectivity index (χ2v) is 5.66. The van der Waals surface area contributed by atoms with E-state index < -0.39 is 6.04 Å². The first-order valence-corrected chi connectivity index (χ1v) is 7.35. The highest BCUT2D eigenvalue weighted by Crippen LogP contribution is 2.24. The number of carbonyl (C=O) groups excluding carboxylic acids is 1. The molecule has 3 nitrogen and oxygen atoms in total. The molecule has 0 spiro atoms. The van der Waals surface area contributed by atoms with E-state index in [0.29, 0.717) is 4.47 Å². The van der Waals surface area contributed by atoms with Crippen molar-refractivity contribution < 1.29 is 9.18 Å².